The molecule has 0 spiro atoms. The van der Waals surface area contributed by atoms with Crippen LogP contribution in [0.3, 0.4) is 0 Å². The molecule has 2 amide bonds. The Morgan fingerprint density at radius 3 is 2.28 bits per heavy atom. The summed E-state index contributed by atoms with van der Waals surface area (Å²) in [7, 11) is 0. The zero-order valence-electron chi connectivity index (χ0n) is 11.7. The van der Waals surface area contributed by atoms with Crippen LogP contribution in [0.1, 0.15) is 33.6 Å². The van der Waals surface area contributed by atoms with Gasteiger partial charge >= 0.3 is 0 Å². The Bertz CT molecular complexity index is 299. The fourth-order valence-electron chi connectivity index (χ4n) is 2.13. The minimum Gasteiger partial charge on any atom is -0.330 e. The van der Waals surface area contributed by atoms with E-state index in [1.807, 2.05) is 0 Å². The van der Waals surface area contributed by atoms with Gasteiger partial charge in [0, 0.05) is 32.5 Å². The Morgan fingerprint density at radius 1 is 1.28 bits per heavy atom. The van der Waals surface area contributed by atoms with E-state index in [9.17, 15) is 9.59 Å². The fraction of sp³-hybridized carbons (Fsp3) is 0.846. The minimum atomic E-state index is -0.0332. The first-order valence-electron chi connectivity index (χ1n) is 6.65. The van der Waals surface area contributed by atoms with Gasteiger partial charge in [0.2, 0.25) is 11.8 Å². The van der Waals surface area contributed by atoms with Gasteiger partial charge < -0.3 is 10.6 Å². The number of likely N-dealkylation sites (N-methyl/N-ethyl adjacent to an activating group) is 1. The molecular formula is C13H25N3O2. The van der Waals surface area contributed by atoms with Crippen molar-refractivity contribution in [3.8, 4) is 0 Å². The predicted molar refractivity (Wildman–Crippen MR) is 70.9 cm³/mol. The first kappa shape index (κ1) is 15.1. The molecule has 5 heteroatoms. The largest absolute Gasteiger partial charge is 0.330 e. The van der Waals surface area contributed by atoms with Crippen LogP contribution in [0.4, 0.5) is 0 Å². The molecule has 5 nitrogen and oxygen atoms in total. The lowest BCUT2D eigenvalue weighted by molar-refractivity contribution is -0.138. The number of likely N-dealkylation sites (tertiary alicyclic amines) is 1. The minimum absolute atomic E-state index is 0.0332. The molecule has 1 heterocycles. The molecule has 18 heavy (non-hydrogen) atoms. The standard InChI is InChI=1S/C13H25N3O2/c1-4-15(10-13(2,3)9-14)7-8-16-11(17)5-6-12(16)18/h4-10,14H2,1-3H3. The van der Waals surface area contributed by atoms with E-state index in [-0.39, 0.29) is 17.2 Å². The summed E-state index contributed by atoms with van der Waals surface area (Å²) in [5.41, 5.74) is 5.79. The highest BCUT2D eigenvalue weighted by molar-refractivity contribution is 6.01. The Kier molecular flexibility index (Phi) is 5.28. The van der Waals surface area contributed by atoms with Crippen LogP contribution >= 0.6 is 0 Å². The number of imide groups is 1. The first-order valence-corrected chi connectivity index (χ1v) is 6.65. The third-order valence-electron chi connectivity index (χ3n) is 3.45. The molecule has 1 aliphatic heterocycles. The Morgan fingerprint density at radius 2 is 1.83 bits per heavy atom. The fourth-order valence-corrected chi connectivity index (χ4v) is 2.13. The van der Waals surface area contributed by atoms with Crippen molar-refractivity contribution in [2.24, 2.45) is 11.1 Å². The number of carbonyl (C=O) groups is 2. The summed E-state index contributed by atoms with van der Waals surface area (Å²) in [5, 5.41) is 0. The number of nitrogens with two attached hydrogens (primary N) is 1. The van der Waals surface area contributed by atoms with Crippen LogP contribution in [0.5, 0.6) is 0 Å². The summed E-state index contributed by atoms with van der Waals surface area (Å²) >= 11 is 0. The molecule has 0 radical (unpaired) electrons. The smallest absolute Gasteiger partial charge is 0.229 e. The van der Waals surface area contributed by atoms with E-state index in [0.717, 1.165) is 19.6 Å². The molecule has 1 saturated heterocycles. The van der Waals surface area contributed by atoms with Crippen molar-refractivity contribution >= 4 is 11.8 Å². The SMILES string of the molecule is CCN(CCN1C(=O)CCC1=O)CC(C)(C)CN. The molecule has 0 aliphatic carbocycles. The van der Waals surface area contributed by atoms with Crippen LogP contribution in [0, 0.1) is 5.41 Å². The molecule has 0 atom stereocenters. The summed E-state index contributed by atoms with van der Waals surface area (Å²) in [6, 6.07) is 0. The second-order valence-electron chi connectivity index (χ2n) is 5.68. The molecular weight excluding hydrogens is 230 g/mol. The maximum Gasteiger partial charge on any atom is 0.229 e. The summed E-state index contributed by atoms with van der Waals surface area (Å²) in [6.07, 6.45) is 0.749. The van der Waals surface area contributed by atoms with Crippen LogP contribution in [0.15, 0.2) is 0 Å². The van der Waals surface area contributed by atoms with Gasteiger partial charge in [-0.15, -0.1) is 0 Å². The maximum absolute atomic E-state index is 11.5. The highest BCUT2D eigenvalue weighted by Crippen LogP contribution is 2.16. The lowest BCUT2D eigenvalue weighted by Gasteiger charge is -2.31. The van der Waals surface area contributed by atoms with Gasteiger partial charge in [0.05, 0.1) is 0 Å². The first-order chi connectivity index (χ1) is 8.39. The van der Waals surface area contributed by atoms with E-state index in [2.05, 4.69) is 25.7 Å². The lowest BCUT2D eigenvalue weighted by Crippen LogP contribution is -2.43. The molecule has 2 N–H and O–H groups in total. The topological polar surface area (TPSA) is 66.6 Å². The molecule has 0 unspecified atom stereocenters. The second-order valence-corrected chi connectivity index (χ2v) is 5.68. The third-order valence-corrected chi connectivity index (χ3v) is 3.45. The van der Waals surface area contributed by atoms with E-state index < -0.39 is 0 Å². The van der Waals surface area contributed by atoms with Crippen molar-refractivity contribution < 1.29 is 9.59 Å². The van der Waals surface area contributed by atoms with Crippen molar-refractivity contribution in [1.29, 1.82) is 0 Å². The highest BCUT2D eigenvalue weighted by atomic mass is 16.2. The summed E-state index contributed by atoms with van der Waals surface area (Å²) in [5.74, 6) is -0.0664. The predicted octanol–water partition coefficient (Wildman–Crippen LogP) is 0.442. The van der Waals surface area contributed by atoms with E-state index in [1.165, 1.54) is 4.90 Å². The zero-order valence-corrected chi connectivity index (χ0v) is 11.7. The molecule has 0 bridgehead atoms. The Hall–Kier alpha value is -0.940. The number of hydrogen-bond acceptors (Lipinski definition) is 4. The van der Waals surface area contributed by atoms with Gasteiger partial charge in [-0.1, -0.05) is 20.8 Å². The normalized spacial score (nSPS) is 17.1. The number of nitrogens with zero attached hydrogens (tertiary/aromatic N) is 2. The van der Waals surface area contributed by atoms with Crippen molar-refractivity contribution in [1.82, 2.24) is 9.80 Å². The third kappa shape index (κ3) is 4.07. The number of carbonyl (C=O) groups excluding carboxylic acids is 2. The Labute approximate surface area is 109 Å². The molecule has 104 valence electrons. The van der Waals surface area contributed by atoms with E-state index in [4.69, 9.17) is 5.73 Å². The van der Waals surface area contributed by atoms with Crippen LogP contribution in [-0.2, 0) is 9.59 Å². The molecule has 1 aliphatic rings. The molecule has 1 rings (SSSR count). The van der Waals surface area contributed by atoms with Crippen LogP contribution < -0.4 is 5.73 Å². The number of hydrogen-bond donors (Lipinski definition) is 1. The van der Waals surface area contributed by atoms with Crippen molar-refractivity contribution in [3.63, 3.8) is 0 Å². The van der Waals surface area contributed by atoms with E-state index >= 15 is 0 Å². The van der Waals surface area contributed by atoms with Gasteiger partial charge in [-0.25, -0.2) is 0 Å². The lowest BCUT2D eigenvalue weighted by atomic mass is 9.93. The van der Waals surface area contributed by atoms with Crippen LogP contribution in [0.25, 0.3) is 0 Å². The van der Waals surface area contributed by atoms with E-state index in [0.29, 0.717) is 25.9 Å². The highest BCUT2D eigenvalue weighted by Gasteiger charge is 2.29. The monoisotopic (exact) mass is 255 g/mol. The van der Waals surface area contributed by atoms with Crippen LogP contribution in [-0.4, -0.2) is 54.3 Å². The molecule has 0 aromatic heterocycles. The molecule has 1 fully saturated rings. The van der Waals surface area contributed by atoms with Crippen molar-refractivity contribution in [2.45, 2.75) is 33.6 Å². The van der Waals surface area contributed by atoms with Gasteiger partial charge in [-0.2, -0.15) is 0 Å². The van der Waals surface area contributed by atoms with Gasteiger partial charge in [0.25, 0.3) is 0 Å². The quantitative estimate of drug-likeness (QED) is 0.670. The van der Waals surface area contributed by atoms with Crippen LogP contribution in [0.2, 0.25) is 0 Å². The average molecular weight is 255 g/mol. The van der Waals surface area contributed by atoms with Gasteiger partial charge in [0.15, 0.2) is 0 Å². The molecule has 0 aromatic rings. The van der Waals surface area contributed by atoms with Gasteiger partial charge in [-0.05, 0) is 18.5 Å². The molecule has 0 saturated carbocycles. The number of rotatable bonds is 7. The van der Waals surface area contributed by atoms with Crippen molar-refractivity contribution in [3.05, 3.63) is 0 Å². The summed E-state index contributed by atoms with van der Waals surface area (Å²) in [4.78, 5) is 26.6. The zero-order chi connectivity index (χ0) is 13.8. The Balaban J connectivity index is 2.44. The molecule has 0 aromatic carbocycles. The summed E-state index contributed by atoms with van der Waals surface area (Å²) < 4.78 is 0. The second kappa shape index (κ2) is 6.29. The van der Waals surface area contributed by atoms with E-state index in [1.54, 1.807) is 0 Å². The number of amides is 2. The average Bonchev–Trinajstić information content (AvgIpc) is 2.65. The van der Waals surface area contributed by atoms with Crippen molar-refractivity contribution in [2.75, 3.05) is 32.7 Å². The van der Waals surface area contributed by atoms with Gasteiger partial charge in [0.1, 0.15) is 0 Å². The summed E-state index contributed by atoms with van der Waals surface area (Å²) in [6.45, 7) is 9.99. The maximum atomic E-state index is 11.5. The van der Waals surface area contributed by atoms with Gasteiger partial charge in [-0.3, -0.25) is 14.5 Å².